The van der Waals surface area contributed by atoms with E-state index in [1.54, 1.807) is 12.3 Å². The summed E-state index contributed by atoms with van der Waals surface area (Å²) in [6.45, 7) is 0. The number of benzene rings is 1. The third-order valence-corrected chi connectivity index (χ3v) is 4.00. The highest BCUT2D eigenvalue weighted by molar-refractivity contribution is 5.83. The van der Waals surface area contributed by atoms with Gasteiger partial charge in [-0.1, -0.05) is 12.1 Å². The van der Waals surface area contributed by atoms with Gasteiger partial charge in [0.2, 0.25) is 5.91 Å². The van der Waals surface area contributed by atoms with E-state index < -0.39 is 17.8 Å². The van der Waals surface area contributed by atoms with Crippen molar-refractivity contribution in [2.24, 2.45) is 5.92 Å². The highest BCUT2D eigenvalue weighted by Gasteiger charge is 2.46. The summed E-state index contributed by atoms with van der Waals surface area (Å²) in [6, 6.07) is 8.39. The second kappa shape index (κ2) is 6.24. The lowest BCUT2D eigenvalue weighted by molar-refractivity contribution is -0.137. The minimum Gasteiger partial charge on any atom is -0.481 e. The Kier molecular flexibility index (Phi) is 4.14. The highest BCUT2D eigenvalue weighted by atomic mass is 19.1. The molecule has 0 saturated heterocycles. The lowest BCUT2D eigenvalue weighted by atomic mass is 10.0. The van der Waals surface area contributed by atoms with Crippen LogP contribution in [0.3, 0.4) is 0 Å². The molecule has 120 valence electrons. The van der Waals surface area contributed by atoms with E-state index in [9.17, 15) is 14.0 Å². The number of carboxylic acids is 1. The van der Waals surface area contributed by atoms with Crippen LogP contribution in [0, 0.1) is 11.7 Å². The van der Waals surface area contributed by atoms with Crippen molar-refractivity contribution in [2.75, 3.05) is 0 Å². The van der Waals surface area contributed by atoms with Crippen LogP contribution >= 0.6 is 0 Å². The van der Waals surface area contributed by atoms with E-state index in [4.69, 9.17) is 9.52 Å². The maximum absolute atomic E-state index is 13.0. The van der Waals surface area contributed by atoms with Crippen molar-refractivity contribution < 1.29 is 23.5 Å². The summed E-state index contributed by atoms with van der Waals surface area (Å²) >= 11 is 0. The van der Waals surface area contributed by atoms with E-state index in [-0.39, 0.29) is 24.2 Å². The fourth-order valence-electron chi connectivity index (χ4n) is 2.70. The highest BCUT2D eigenvalue weighted by Crippen LogP contribution is 2.48. The molecule has 1 aliphatic rings. The lowest BCUT2D eigenvalue weighted by Crippen LogP contribution is -2.31. The molecule has 0 spiro atoms. The fourth-order valence-corrected chi connectivity index (χ4v) is 2.70. The minimum atomic E-state index is -1.03. The smallest absolute Gasteiger partial charge is 0.305 e. The molecule has 0 bridgehead atoms. The molecule has 5 nitrogen and oxygen atoms in total. The number of carbonyl (C=O) groups is 2. The second-order valence-electron chi connectivity index (χ2n) is 5.67. The first-order valence-corrected chi connectivity index (χ1v) is 7.35. The van der Waals surface area contributed by atoms with Gasteiger partial charge in [0.1, 0.15) is 11.6 Å². The average molecular weight is 317 g/mol. The van der Waals surface area contributed by atoms with E-state index in [0.717, 1.165) is 5.76 Å². The van der Waals surface area contributed by atoms with E-state index in [1.165, 1.54) is 24.3 Å². The Morgan fingerprint density at radius 1 is 1.30 bits per heavy atom. The molecule has 3 atom stereocenters. The van der Waals surface area contributed by atoms with Crippen molar-refractivity contribution in [3.8, 4) is 0 Å². The number of amides is 1. The van der Waals surface area contributed by atoms with Crippen LogP contribution in [0.4, 0.5) is 4.39 Å². The Morgan fingerprint density at radius 3 is 2.65 bits per heavy atom. The van der Waals surface area contributed by atoms with Gasteiger partial charge in [0.05, 0.1) is 18.7 Å². The van der Waals surface area contributed by atoms with E-state index in [2.05, 4.69) is 5.32 Å². The molecule has 1 aromatic carbocycles. The van der Waals surface area contributed by atoms with Crippen molar-refractivity contribution >= 4 is 11.9 Å². The molecular weight excluding hydrogens is 301 g/mol. The molecule has 1 saturated carbocycles. The number of hydrogen-bond donors (Lipinski definition) is 2. The summed E-state index contributed by atoms with van der Waals surface area (Å²) < 4.78 is 18.3. The van der Waals surface area contributed by atoms with Gasteiger partial charge >= 0.3 is 5.97 Å². The summed E-state index contributed by atoms with van der Waals surface area (Å²) in [4.78, 5) is 23.4. The molecule has 1 aliphatic carbocycles. The Labute approximate surface area is 132 Å². The van der Waals surface area contributed by atoms with Crippen molar-refractivity contribution in [1.82, 2.24) is 5.32 Å². The largest absolute Gasteiger partial charge is 0.481 e. The van der Waals surface area contributed by atoms with Crippen molar-refractivity contribution in [1.29, 1.82) is 0 Å². The lowest BCUT2D eigenvalue weighted by Gasteiger charge is -2.17. The van der Waals surface area contributed by atoms with Gasteiger partial charge in [0.25, 0.3) is 0 Å². The maximum Gasteiger partial charge on any atom is 0.305 e. The van der Waals surface area contributed by atoms with Crippen LogP contribution in [0.25, 0.3) is 0 Å². The number of aliphatic carboxylic acids is 1. The molecule has 1 fully saturated rings. The summed E-state index contributed by atoms with van der Waals surface area (Å²) in [5.74, 6) is -1.04. The topological polar surface area (TPSA) is 79.5 Å². The van der Waals surface area contributed by atoms with Crippen LogP contribution < -0.4 is 5.32 Å². The number of rotatable bonds is 6. The number of hydrogen-bond acceptors (Lipinski definition) is 3. The van der Waals surface area contributed by atoms with Crippen molar-refractivity contribution in [2.45, 2.75) is 24.8 Å². The van der Waals surface area contributed by atoms with Crippen LogP contribution in [0.15, 0.2) is 47.1 Å². The summed E-state index contributed by atoms with van der Waals surface area (Å²) in [7, 11) is 0. The Balaban J connectivity index is 1.68. The molecule has 0 unspecified atom stereocenters. The third-order valence-electron chi connectivity index (χ3n) is 4.00. The van der Waals surface area contributed by atoms with Gasteiger partial charge in [-0.05, 0) is 36.2 Å². The summed E-state index contributed by atoms with van der Waals surface area (Å²) in [5.41, 5.74) is 0.567. The van der Waals surface area contributed by atoms with Crippen LogP contribution in [-0.2, 0) is 9.59 Å². The maximum atomic E-state index is 13.0. The van der Waals surface area contributed by atoms with Gasteiger partial charge < -0.3 is 14.8 Å². The zero-order chi connectivity index (χ0) is 16.4. The number of carboxylic acid groups (broad SMARTS) is 1. The zero-order valence-corrected chi connectivity index (χ0v) is 12.2. The summed E-state index contributed by atoms with van der Waals surface area (Å²) in [5, 5.41) is 11.8. The van der Waals surface area contributed by atoms with E-state index >= 15 is 0 Å². The Hall–Kier alpha value is -2.63. The normalized spacial score (nSPS) is 20.7. The molecule has 1 amide bonds. The van der Waals surface area contributed by atoms with Gasteiger partial charge in [0.15, 0.2) is 0 Å². The van der Waals surface area contributed by atoms with Crippen LogP contribution in [0.1, 0.15) is 36.1 Å². The van der Waals surface area contributed by atoms with Crippen LogP contribution in [0.2, 0.25) is 0 Å². The molecule has 1 heterocycles. The first-order valence-electron chi connectivity index (χ1n) is 7.35. The Morgan fingerprint density at radius 2 is 2.04 bits per heavy atom. The second-order valence-corrected chi connectivity index (χ2v) is 5.67. The Bertz CT molecular complexity index is 696. The van der Waals surface area contributed by atoms with E-state index in [1.807, 2.05) is 6.07 Å². The van der Waals surface area contributed by atoms with E-state index in [0.29, 0.717) is 12.0 Å². The molecule has 2 N–H and O–H groups in total. The predicted octanol–water partition coefficient (Wildman–Crippen LogP) is 2.85. The van der Waals surface area contributed by atoms with Gasteiger partial charge in [0, 0.05) is 11.8 Å². The van der Waals surface area contributed by atoms with Gasteiger partial charge in [-0.2, -0.15) is 0 Å². The van der Waals surface area contributed by atoms with Crippen molar-refractivity contribution in [3.05, 3.63) is 59.8 Å². The molecule has 6 heteroatoms. The molecule has 0 radical (unpaired) electrons. The third kappa shape index (κ3) is 3.59. The first-order chi connectivity index (χ1) is 11.0. The molecular formula is C17H16FNO4. The molecule has 1 aromatic heterocycles. The quantitative estimate of drug-likeness (QED) is 0.858. The predicted molar refractivity (Wildman–Crippen MR) is 79.1 cm³/mol. The van der Waals surface area contributed by atoms with Gasteiger partial charge in [-0.25, -0.2) is 4.39 Å². The summed E-state index contributed by atoms with van der Waals surface area (Å²) in [6.07, 6.45) is 1.99. The van der Waals surface area contributed by atoms with Crippen LogP contribution in [-0.4, -0.2) is 17.0 Å². The molecule has 23 heavy (non-hydrogen) atoms. The number of halogens is 1. The van der Waals surface area contributed by atoms with Crippen LogP contribution in [0.5, 0.6) is 0 Å². The number of carbonyl (C=O) groups excluding carboxylic acids is 1. The monoisotopic (exact) mass is 317 g/mol. The van der Waals surface area contributed by atoms with Gasteiger partial charge in [-0.15, -0.1) is 0 Å². The fraction of sp³-hybridized carbons (Fsp3) is 0.294. The van der Waals surface area contributed by atoms with Crippen molar-refractivity contribution in [3.63, 3.8) is 0 Å². The molecule has 3 rings (SSSR count). The van der Waals surface area contributed by atoms with Gasteiger partial charge in [-0.3, -0.25) is 9.59 Å². The zero-order valence-electron chi connectivity index (χ0n) is 12.2. The standard InChI is InChI=1S/C17H16FNO4/c18-11-5-3-10(4-6-11)14(9-16(20)21)19-17(22)13-8-12(13)15-2-1-7-23-15/h1-7,12-14H,8-9H2,(H,19,22)(H,20,21)/t12-,13+,14-/m0/s1. The number of furan rings is 1. The minimum absolute atomic E-state index is 0.0451. The average Bonchev–Trinajstić information content (AvgIpc) is 3.13. The number of nitrogens with one attached hydrogen (secondary N) is 1. The molecule has 0 aliphatic heterocycles. The first kappa shape index (κ1) is 15.3. The molecule has 2 aromatic rings. The SMILES string of the molecule is O=C(O)C[C@H](NC(=O)[C@@H]1C[C@@H]1c1ccco1)c1ccc(F)cc1.